The Labute approximate surface area is 143 Å². The summed E-state index contributed by atoms with van der Waals surface area (Å²) in [7, 11) is 0. The van der Waals surface area contributed by atoms with Crippen LogP contribution in [0.25, 0.3) is 0 Å². The van der Waals surface area contributed by atoms with Crippen molar-refractivity contribution < 1.29 is 9.15 Å². The third kappa shape index (κ3) is 5.83. The maximum Gasteiger partial charge on any atom is 0.191 e. The van der Waals surface area contributed by atoms with Gasteiger partial charge in [0.1, 0.15) is 11.5 Å². The predicted octanol–water partition coefficient (Wildman–Crippen LogP) is 3.14. The minimum absolute atomic E-state index is 0.545. The molecule has 24 heavy (non-hydrogen) atoms. The van der Waals surface area contributed by atoms with E-state index in [1.54, 1.807) is 12.3 Å². The number of hydrogen-bond acceptors (Lipinski definition) is 3. The van der Waals surface area contributed by atoms with Gasteiger partial charge in [-0.15, -0.1) is 6.58 Å². The summed E-state index contributed by atoms with van der Waals surface area (Å²) in [5, 5.41) is 6.53. The third-order valence-corrected chi connectivity index (χ3v) is 3.34. The highest BCUT2D eigenvalue weighted by atomic mass is 16.5. The predicted molar refractivity (Wildman–Crippen MR) is 97.4 cm³/mol. The molecular formula is C19H25N3O2. The second kappa shape index (κ2) is 10.2. The van der Waals surface area contributed by atoms with Gasteiger partial charge in [-0.2, -0.15) is 0 Å². The van der Waals surface area contributed by atoms with Crippen LogP contribution in [0.3, 0.4) is 0 Å². The molecule has 0 radical (unpaired) electrons. The molecule has 0 fully saturated rings. The van der Waals surface area contributed by atoms with Crippen LogP contribution >= 0.6 is 0 Å². The smallest absolute Gasteiger partial charge is 0.191 e. The molecule has 2 N–H and O–H groups in total. The number of nitrogens with one attached hydrogen (secondary N) is 2. The van der Waals surface area contributed by atoms with E-state index in [9.17, 15) is 0 Å². The molecular weight excluding hydrogens is 302 g/mol. The van der Waals surface area contributed by atoms with E-state index < -0.39 is 0 Å². The molecule has 0 unspecified atom stereocenters. The number of ether oxygens (including phenoxy) is 1. The number of para-hydroxylation sites is 1. The van der Waals surface area contributed by atoms with Crippen LogP contribution in [-0.4, -0.2) is 25.7 Å². The maximum atomic E-state index is 5.64. The quantitative estimate of drug-likeness (QED) is 0.422. The number of benzene rings is 1. The summed E-state index contributed by atoms with van der Waals surface area (Å²) in [4.78, 5) is 4.63. The molecule has 1 heterocycles. The molecule has 1 aromatic heterocycles. The second-order valence-electron chi connectivity index (χ2n) is 5.13. The third-order valence-electron chi connectivity index (χ3n) is 3.34. The van der Waals surface area contributed by atoms with E-state index in [0.717, 1.165) is 36.0 Å². The first-order chi connectivity index (χ1) is 11.8. The number of nitrogens with zero attached hydrogens (tertiary/aromatic N) is 1. The minimum Gasteiger partial charge on any atom is -0.494 e. The van der Waals surface area contributed by atoms with Crippen LogP contribution in [0.4, 0.5) is 0 Å². The Balaban J connectivity index is 1.95. The first-order valence-corrected chi connectivity index (χ1v) is 8.19. The molecule has 1 aromatic carbocycles. The van der Waals surface area contributed by atoms with Crippen molar-refractivity contribution in [2.45, 2.75) is 19.9 Å². The largest absolute Gasteiger partial charge is 0.494 e. The van der Waals surface area contributed by atoms with Gasteiger partial charge in [0.15, 0.2) is 5.96 Å². The summed E-state index contributed by atoms with van der Waals surface area (Å²) >= 11 is 0. The van der Waals surface area contributed by atoms with Gasteiger partial charge < -0.3 is 19.8 Å². The van der Waals surface area contributed by atoms with Crippen LogP contribution < -0.4 is 15.4 Å². The van der Waals surface area contributed by atoms with Crippen molar-refractivity contribution in [1.29, 1.82) is 0 Å². The zero-order chi connectivity index (χ0) is 17.0. The minimum atomic E-state index is 0.545. The topological polar surface area (TPSA) is 58.8 Å². The highest BCUT2D eigenvalue weighted by Crippen LogP contribution is 2.18. The Morgan fingerprint density at radius 1 is 1.25 bits per heavy atom. The van der Waals surface area contributed by atoms with Crippen molar-refractivity contribution in [3.8, 4) is 5.75 Å². The molecule has 0 saturated heterocycles. The fraction of sp³-hybridized carbons (Fsp3) is 0.316. The first kappa shape index (κ1) is 17.7. The van der Waals surface area contributed by atoms with Crippen molar-refractivity contribution in [3.63, 3.8) is 0 Å². The van der Waals surface area contributed by atoms with Crippen LogP contribution in [0.5, 0.6) is 5.75 Å². The molecule has 0 aliphatic rings. The molecule has 128 valence electrons. The lowest BCUT2D eigenvalue weighted by Crippen LogP contribution is -2.38. The van der Waals surface area contributed by atoms with Gasteiger partial charge in [0.2, 0.25) is 0 Å². The Hall–Kier alpha value is -2.69. The molecule has 2 aromatic rings. The number of hydrogen-bond donors (Lipinski definition) is 2. The number of rotatable bonds is 9. The summed E-state index contributed by atoms with van der Waals surface area (Å²) in [5.74, 6) is 2.57. The molecule has 0 amide bonds. The van der Waals surface area contributed by atoms with Crippen LogP contribution in [-0.2, 0) is 13.0 Å². The molecule has 5 nitrogen and oxygen atoms in total. The van der Waals surface area contributed by atoms with Crippen LogP contribution in [0, 0.1) is 0 Å². The van der Waals surface area contributed by atoms with Crippen LogP contribution in [0.1, 0.15) is 18.2 Å². The molecule has 0 saturated carbocycles. The summed E-state index contributed by atoms with van der Waals surface area (Å²) in [6.45, 7) is 8.29. The number of guanidine groups is 1. The van der Waals surface area contributed by atoms with E-state index in [4.69, 9.17) is 9.15 Å². The van der Waals surface area contributed by atoms with Crippen LogP contribution in [0.2, 0.25) is 0 Å². The van der Waals surface area contributed by atoms with Gasteiger partial charge in [-0.25, -0.2) is 4.99 Å². The Kier molecular flexibility index (Phi) is 7.47. The lowest BCUT2D eigenvalue weighted by atomic mass is 10.2. The highest BCUT2D eigenvalue weighted by Gasteiger charge is 2.03. The molecule has 0 aliphatic carbocycles. The normalized spacial score (nSPS) is 11.1. The first-order valence-electron chi connectivity index (χ1n) is 8.19. The van der Waals surface area contributed by atoms with E-state index in [1.165, 1.54) is 0 Å². The van der Waals surface area contributed by atoms with Gasteiger partial charge in [-0.05, 0) is 25.1 Å². The fourth-order valence-electron chi connectivity index (χ4n) is 2.20. The lowest BCUT2D eigenvalue weighted by molar-refractivity contribution is 0.336. The van der Waals surface area contributed by atoms with Crippen molar-refractivity contribution in [2.75, 3.05) is 19.7 Å². The van der Waals surface area contributed by atoms with E-state index in [1.807, 2.05) is 43.3 Å². The van der Waals surface area contributed by atoms with Gasteiger partial charge in [0.25, 0.3) is 0 Å². The van der Waals surface area contributed by atoms with Crippen LogP contribution in [0.15, 0.2) is 64.7 Å². The van der Waals surface area contributed by atoms with Gasteiger partial charge in [-0.3, -0.25) is 0 Å². The summed E-state index contributed by atoms with van der Waals surface area (Å²) in [6, 6.07) is 11.8. The summed E-state index contributed by atoms with van der Waals surface area (Å²) < 4.78 is 11.0. The monoisotopic (exact) mass is 327 g/mol. The standard InChI is InChI=1S/C19H25N3O2/c1-3-12-20-19(21-13-11-17-9-7-14-24-17)22-15-16-8-5-6-10-18(16)23-4-2/h3,5-10,14H,1,4,11-13,15H2,2H3,(H2,20,21,22). The average molecular weight is 327 g/mol. The van der Waals surface area contributed by atoms with Crippen molar-refractivity contribution in [1.82, 2.24) is 10.6 Å². The lowest BCUT2D eigenvalue weighted by Gasteiger charge is -2.12. The Bertz CT molecular complexity index is 636. The summed E-state index contributed by atoms with van der Waals surface area (Å²) in [5.41, 5.74) is 1.06. The fourth-order valence-corrected chi connectivity index (χ4v) is 2.20. The SMILES string of the molecule is C=CCNC(=NCc1ccccc1OCC)NCCc1ccco1. The Morgan fingerprint density at radius 2 is 2.12 bits per heavy atom. The van der Waals surface area contributed by atoms with Gasteiger partial charge in [-0.1, -0.05) is 24.3 Å². The molecule has 0 spiro atoms. The zero-order valence-corrected chi connectivity index (χ0v) is 14.1. The summed E-state index contributed by atoms with van der Waals surface area (Å²) in [6.07, 6.45) is 4.29. The van der Waals surface area contributed by atoms with Crippen molar-refractivity contribution >= 4 is 5.96 Å². The second-order valence-corrected chi connectivity index (χ2v) is 5.13. The number of aliphatic imine (C=N–C) groups is 1. The van der Waals surface area contributed by atoms with Gasteiger partial charge in [0.05, 0.1) is 19.4 Å². The molecule has 0 atom stereocenters. The van der Waals surface area contributed by atoms with Crippen molar-refractivity contribution in [2.24, 2.45) is 4.99 Å². The van der Waals surface area contributed by atoms with E-state index >= 15 is 0 Å². The van der Waals surface area contributed by atoms with Gasteiger partial charge in [0, 0.05) is 25.1 Å². The molecule has 0 aliphatic heterocycles. The van der Waals surface area contributed by atoms with E-state index in [-0.39, 0.29) is 0 Å². The molecule has 2 rings (SSSR count). The van der Waals surface area contributed by atoms with Gasteiger partial charge >= 0.3 is 0 Å². The highest BCUT2D eigenvalue weighted by molar-refractivity contribution is 5.79. The molecule has 0 bridgehead atoms. The molecule has 5 heteroatoms. The number of furan rings is 1. The average Bonchev–Trinajstić information content (AvgIpc) is 3.11. The van der Waals surface area contributed by atoms with E-state index in [0.29, 0.717) is 19.7 Å². The maximum absolute atomic E-state index is 5.64. The van der Waals surface area contributed by atoms with Crippen molar-refractivity contribution in [3.05, 3.63) is 66.6 Å². The Morgan fingerprint density at radius 3 is 2.88 bits per heavy atom. The van der Waals surface area contributed by atoms with E-state index in [2.05, 4.69) is 22.2 Å². The zero-order valence-electron chi connectivity index (χ0n) is 14.1.